The minimum absolute atomic E-state index is 0.00244. The first-order valence-corrected chi connectivity index (χ1v) is 8.50. The first-order chi connectivity index (χ1) is 13.9. The number of fused-ring (bicyclic) bond motifs is 1. The Morgan fingerprint density at radius 3 is 2.59 bits per heavy atom. The molecule has 0 saturated heterocycles. The summed E-state index contributed by atoms with van der Waals surface area (Å²) < 4.78 is 52.0. The molecule has 0 saturated carbocycles. The molecule has 3 heterocycles. The van der Waals surface area contributed by atoms with Crippen LogP contribution in [0.2, 0.25) is 5.28 Å². The molecule has 0 radical (unpaired) electrons. The van der Waals surface area contributed by atoms with E-state index in [-0.39, 0.29) is 16.9 Å². The highest BCUT2D eigenvalue weighted by molar-refractivity contribution is 6.28. The maximum absolute atomic E-state index is 13.3. The fourth-order valence-electron chi connectivity index (χ4n) is 2.68. The zero-order valence-electron chi connectivity index (χ0n) is 14.7. The van der Waals surface area contributed by atoms with Gasteiger partial charge in [-0.1, -0.05) is 0 Å². The molecule has 0 aliphatic carbocycles. The topological polar surface area (TPSA) is 74.4 Å². The highest BCUT2D eigenvalue weighted by Crippen LogP contribution is 2.41. The van der Waals surface area contributed by atoms with Crippen molar-refractivity contribution in [2.45, 2.75) is 6.18 Å². The number of pyridine rings is 1. The lowest BCUT2D eigenvalue weighted by Crippen LogP contribution is -2.06. The summed E-state index contributed by atoms with van der Waals surface area (Å²) in [6.45, 7) is 0. The maximum Gasteiger partial charge on any atom is 0.416 e. The minimum atomic E-state index is -4.55. The van der Waals surface area contributed by atoms with Crippen molar-refractivity contribution in [3.63, 3.8) is 0 Å². The molecule has 0 atom stereocenters. The molecule has 0 bridgehead atoms. The zero-order chi connectivity index (χ0) is 20.6. The number of hydrogen-bond acceptors (Lipinski definition) is 6. The van der Waals surface area contributed by atoms with Crippen LogP contribution in [0.25, 0.3) is 16.8 Å². The van der Waals surface area contributed by atoms with Crippen molar-refractivity contribution >= 4 is 17.2 Å². The summed E-state index contributed by atoms with van der Waals surface area (Å²) >= 11 is 5.90. The molecular weight excluding hydrogens is 411 g/mol. The fraction of sp³-hybridized carbons (Fsp3) is 0.111. The molecule has 4 rings (SSSR count). The third-order valence-electron chi connectivity index (χ3n) is 4.01. The van der Waals surface area contributed by atoms with Gasteiger partial charge in [0, 0.05) is 29.6 Å². The number of nitrogens with zero attached hydrogens (tertiary/aromatic N) is 5. The van der Waals surface area contributed by atoms with Crippen LogP contribution in [-0.4, -0.2) is 31.9 Å². The van der Waals surface area contributed by atoms with E-state index in [1.807, 2.05) is 0 Å². The van der Waals surface area contributed by atoms with Gasteiger partial charge in [-0.05, 0) is 41.9 Å². The molecule has 0 aliphatic rings. The molecule has 11 heteroatoms. The summed E-state index contributed by atoms with van der Waals surface area (Å²) in [6, 6.07) is 7.72. The van der Waals surface area contributed by atoms with Crippen molar-refractivity contribution in [1.29, 1.82) is 0 Å². The van der Waals surface area contributed by atoms with Gasteiger partial charge in [-0.15, -0.1) is 15.3 Å². The van der Waals surface area contributed by atoms with E-state index in [0.29, 0.717) is 22.5 Å². The van der Waals surface area contributed by atoms with Crippen molar-refractivity contribution in [2.24, 2.45) is 0 Å². The quantitative estimate of drug-likeness (QED) is 0.477. The van der Waals surface area contributed by atoms with Gasteiger partial charge in [0.1, 0.15) is 11.5 Å². The molecule has 0 N–H and O–H groups in total. The van der Waals surface area contributed by atoms with Gasteiger partial charge in [0.15, 0.2) is 5.65 Å². The van der Waals surface area contributed by atoms with Crippen molar-refractivity contribution in [3.05, 3.63) is 59.6 Å². The SMILES string of the molecule is COc1ccncc1-c1ccc(C(F)(F)F)cc1Oc1ccc2nnc(Cl)n2n1. The number of hydrogen-bond donors (Lipinski definition) is 0. The van der Waals surface area contributed by atoms with E-state index in [1.165, 1.54) is 42.2 Å². The molecule has 3 aromatic heterocycles. The summed E-state index contributed by atoms with van der Waals surface area (Å²) in [7, 11) is 1.45. The molecule has 0 spiro atoms. The van der Waals surface area contributed by atoms with E-state index >= 15 is 0 Å². The van der Waals surface area contributed by atoms with Gasteiger partial charge in [-0.25, -0.2) is 0 Å². The van der Waals surface area contributed by atoms with Crippen LogP contribution in [0, 0.1) is 0 Å². The minimum Gasteiger partial charge on any atom is -0.496 e. The first-order valence-electron chi connectivity index (χ1n) is 8.12. The monoisotopic (exact) mass is 421 g/mol. The van der Waals surface area contributed by atoms with E-state index in [0.717, 1.165) is 12.1 Å². The Morgan fingerprint density at radius 2 is 1.83 bits per heavy atom. The standard InChI is InChI=1S/C18H11ClF3N5O2/c1-28-13-6-7-23-9-12(13)11-3-2-10(18(20,21)22)8-14(11)29-16-5-4-15-24-25-17(19)27(15)26-16/h2-9H,1H3. The van der Waals surface area contributed by atoms with Gasteiger partial charge in [0.2, 0.25) is 11.2 Å². The lowest BCUT2D eigenvalue weighted by molar-refractivity contribution is -0.137. The second kappa shape index (κ2) is 7.21. The van der Waals surface area contributed by atoms with E-state index in [1.54, 1.807) is 6.07 Å². The van der Waals surface area contributed by atoms with Crippen molar-refractivity contribution < 1.29 is 22.6 Å². The van der Waals surface area contributed by atoms with Crippen LogP contribution in [0.4, 0.5) is 13.2 Å². The second-order valence-electron chi connectivity index (χ2n) is 5.80. The molecular formula is C18H11ClF3N5O2. The van der Waals surface area contributed by atoms with Crippen molar-refractivity contribution in [3.8, 4) is 28.5 Å². The Morgan fingerprint density at radius 1 is 1.00 bits per heavy atom. The number of alkyl halides is 3. The van der Waals surface area contributed by atoms with Gasteiger partial charge in [0.05, 0.1) is 12.7 Å². The predicted octanol–water partition coefficient (Wildman–Crippen LogP) is 4.66. The first kappa shape index (κ1) is 18.9. The third-order valence-corrected chi connectivity index (χ3v) is 4.25. The normalized spacial score (nSPS) is 11.6. The Labute approximate surface area is 166 Å². The Kier molecular flexibility index (Phi) is 4.71. The van der Waals surface area contributed by atoms with E-state index in [2.05, 4.69) is 20.3 Å². The number of methoxy groups -OCH3 is 1. The van der Waals surface area contributed by atoms with E-state index in [9.17, 15) is 13.2 Å². The number of aromatic nitrogens is 5. The van der Waals surface area contributed by atoms with Crippen LogP contribution >= 0.6 is 11.6 Å². The molecule has 1 aromatic carbocycles. The highest BCUT2D eigenvalue weighted by atomic mass is 35.5. The number of rotatable bonds is 4. The lowest BCUT2D eigenvalue weighted by atomic mass is 10.0. The van der Waals surface area contributed by atoms with E-state index < -0.39 is 11.7 Å². The van der Waals surface area contributed by atoms with Gasteiger partial charge in [-0.3, -0.25) is 4.98 Å². The zero-order valence-corrected chi connectivity index (χ0v) is 15.4. The van der Waals surface area contributed by atoms with Crippen LogP contribution in [0.3, 0.4) is 0 Å². The number of ether oxygens (including phenoxy) is 2. The Balaban J connectivity index is 1.85. The Bertz CT molecular complexity index is 1200. The highest BCUT2D eigenvalue weighted by Gasteiger charge is 2.32. The van der Waals surface area contributed by atoms with Crippen molar-refractivity contribution in [1.82, 2.24) is 24.8 Å². The van der Waals surface area contributed by atoms with Gasteiger partial charge in [-0.2, -0.15) is 17.7 Å². The van der Waals surface area contributed by atoms with Crippen LogP contribution in [0.15, 0.2) is 48.8 Å². The van der Waals surface area contributed by atoms with Crippen LogP contribution < -0.4 is 9.47 Å². The van der Waals surface area contributed by atoms with Gasteiger partial charge < -0.3 is 9.47 Å². The average molecular weight is 422 g/mol. The number of halogens is 4. The molecule has 148 valence electrons. The van der Waals surface area contributed by atoms with Crippen LogP contribution in [-0.2, 0) is 6.18 Å². The number of benzene rings is 1. The van der Waals surface area contributed by atoms with Crippen molar-refractivity contribution in [2.75, 3.05) is 7.11 Å². The summed E-state index contributed by atoms with van der Waals surface area (Å²) in [5.74, 6) is 0.347. The smallest absolute Gasteiger partial charge is 0.416 e. The summed E-state index contributed by atoms with van der Waals surface area (Å²) in [5, 5.41) is 11.6. The van der Waals surface area contributed by atoms with Crippen LogP contribution in [0.1, 0.15) is 5.56 Å². The fourth-order valence-corrected chi connectivity index (χ4v) is 2.84. The molecule has 29 heavy (non-hydrogen) atoms. The molecule has 0 fully saturated rings. The summed E-state index contributed by atoms with van der Waals surface area (Å²) in [4.78, 5) is 4.02. The summed E-state index contributed by atoms with van der Waals surface area (Å²) in [5.41, 5.74) is 0.296. The summed E-state index contributed by atoms with van der Waals surface area (Å²) in [6.07, 6.45) is -1.57. The van der Waals surface area contributed by atoms with E-state index in [4.69, 9.17) is 21.1 Å². The molecule has 0 aliphatic heterocycles. The lowest BCUT2D eigenvalue weighted by Gasteiger charge is -2.15. The predicted molar refractivity (Wildman–Crippen MR) is 97.1 cm³/mol. The molecule has 4 aromatic rings. The average Bonchev–Trinajstić information content (AvgIpc) is 3.07. The maximum atomic E-state index is 13.3. The Hall–Kier alpha value is -3.40. The van der Waals surface area contributed by atoms with Gasteiger partial charge >= 0.3 is 6.18 Å². The molecule has 0 unspecified atom stereocenters. The van der Waals surface area contributed by atoms with Crippen LogP contribution in [0.5, 0.6) is 17.4 Å². The largest absolute Gasteiger partial charge is 0.496 e. The molecule has 0 amide bonds. The molecule has 7 nitrogen and oxygen atoms in total. The van der Waals surface area contributed by atoms with Gasteiger partial charge in [0.25, 0.3) is 0 Å². The third kappa shape index (κ3) is 3.66. The second-order valence-corrected chi connectivity index (χ2v) is 6.14.